The Bertz CT molecular complexity index is 340. The highest BCUT2D eigenvalue weighted by atomic mass is 16.3. The third-order valence-corrected chi connectivity index (χ3v) is 3.14. The molecular formula is C12H18N2O. The van der Waals surface area contributed by atoms with Crippen LogP contribution in [0.2, 0.25) is 0 Å². The number of anilines is 2. The second-order valence-corrected chi connectivity index (χ2v) is 4.34. The Balaban J connectivity index is 2.15. The van der Waals surface area contributed by atoms with E-state index in [2.05, 4.69) is 11.8 Å². The average Bonchev–Trinajstić information content (AvgIpc) is 2.23. The predicted molar refractivity (Wildman–Crippen MR) is 62.9 cm³/mol. The second-order valence-electron chi connectivity index (χ2n) is 4.34. The Morgan fingerprint density at radius 1 is 1.40 bits per heavy atom. The minimum Gasteiger partial charge on any atom is -0.397 e. The van der Waals surface area contributed by atoms with E-state index in [1.54, 1.807) is 0 Å². The van der Waals surface area contributed by atoms with Crippen LogP contribution in [0, 0.1) is 5.92 Å². The Kier molecular flexibility index (Phi) is 2.82. The van der Waals surface area contributed by atoms with Crippen molar-refractivity contribution in [3.05, 3.63) is 24.3 Å². The molecule has 1 aromatic rings. The molecule has 2 atom stereocenters. The van der Waals surface area contributed by atoms with Crippen molar-refractivity contribution in [2.45, 2.75) is 19.4 Å². The van der Waals surface area contributed by atoms with Gasteiger partial charge in [-0.1, -0.05) is 19.1 Å². The number of hydrogen-bond acceptors (Lipinski definition) is 3. The van der Waals surface area contributed by atoms with Crippen molar-refractivity contribution >= 4 is 11.4 Å². The van der Waals surface area contributed by atoms with Gasteiger partial charge < -0.3 is 15.7 Å². The highest BCUT2D eigenvalue weighted by Crippen LogP contribution is 2.27. The summed E-state index contributed by atoms with van der Waals surface area (Å²) < 4.78 is 0. The predicted octanol–water partition coefficient (Wildman–Crippen LogP) is 1.48. The number of nitrogens with zero attached hydrogens (tertiary/aromatic N) is 1. The number of piperidine rings is 1. The van der Waals surface area contributed by atoms with Gasteiger partial charge in [-0.25, -0.2) is 0 Å². The molecule has 1 aliphatic rings. The summed E-state index contributed by atoms with van der Waals surface area (Å²) in [7, 11) is 0. The smallest absolute Gasteiger partial charge is 0.0600 e. The molecule has 3 nitrogen and oxygen atoms in total. The largest absolute Gasteiger partial charge is 0.397 e. The van der Waals surface area contributed by atoms with Crippen molar-refractivity contribution in [3.8, 4) is 0 Å². The van der Waals surface area contributed by atoms with E-state index < -0.39 is 0 Å². The summed E-state index contributed by atoms with van der Waals surface area (Å²) in [5.74, 6) is 0.318. The third-order valence-electron chi connectivity index (χ3n) is 3.14. The molecule has 1 saturated heterocycles. The fourth-order valence-corrected chi connectivity index (χ4v) is 2.13. The zero-order chi connectivity index (χ0) is 10.8. The molecule has 0 bridgehead atoms. The first-order valence-corrected chi connectivity index (χ1v) is 5.46. The minimum absolute atomic E-state index is 0.161. The fraction of sp³-hybridized carbons (Fsp3) is 0.500. The Morgan fingerprint density at radius 3 is 2.80 bits per heavy atom. The lowest BCUT2D eigenvalue weighted by Gasteiger charge is -2.36. The molecular weight excluding hydrogens is 188 g/mol. The van der Waals surface area contributed by atoms with Gasteiger partial charge in [-0.2, -0.15) is 0 Å². The Hall–Kier alpha value is -1.22. The van der Waals surface area contributed by atoms with Crippen LogP contribution in [-0.4, -0.2) is 24.3 Å². The number of aliphatic hydroxyl groups excluding tert-OH is 1. The zero-order valence-electron chi connectivity index (χ0n) is 9.06. The van der Waals surface area contributed by atoms with Crippen LogP contribution in [0.25, 0.3) is 0 Å². The first kappa shape index (κ1) is 10.3. The summed E-state index contributed by atoms with van der Waals surface area (Å²) in [5.41, 5.74) is 7.84. The number of hydrogen-bond donors (Lipinski definition) is 2. The number of nitrogen functional groups attached to an aromatic ring is 1. The number of para-hydroxylation sites is 2. The highest BCUT2D eigenvalue weighted by molar-refractivity contribution is 5.67. The first-order chi connectivity index (χ1) is 7.18. The van der Waals surface area contributed by atoms with Gasteiger partial charge in [-0.3, -0.25) is 0 Å². The maximum absolute atomic E-state index is 9.65. The van der Waals surface area contributed by atoms with Gasteiger partial charge in [0.05, 0.1) is 17.5 Å². The molecule has 1 heterocycles. The third kappa shape index (κ3) is 2.07. The van der Waals surface area contributed by atoms with Gasteiger partial charge in [0.2, 0.25) is 0 Å². The maximum atomic E-state index is 9.65. The van der Waals surface area contributed by atoms with Crippen LogP contribution in [0.4, 0.5) is 11.4 Å². The molecule has 0 unspecified atom stereocenters. The number of nitrogens with two attached hydrogens (primary N) is 1. The fourth-order valence-electron chi connectivity index (χ4n) is 2.13. The van der Waals surface area contributed by atoms with Crippen molar-refractivity contribution in [1.29, 1.82) is 0 Å². The van der Waals surface area contributed by atoms with Crippen LogP contribution in [0.5, 0.6) is 0 Å². The van der Waals surface area contributed by atoms with Gasteiger partial charge in [-0.15, -0.1) is 0 Å². The van der Waals surface area contributed by atoms with Crippen LogP contribution < -0.4 is 10.6 Å². The second kappa shape index (κ2) is 4.11. The van der Waals surface area contributed by atoms with Gasteiger partial charge in [-0.05, 0) is 24.5 Å². The van der Waals surface area contributed by atoms with E-state index in [4.69, 9.17) is 5.73 Å². The van der Waals surface area contributed by atoms with E-state index in [-0.39, 0.29) is 6.10 Å². The van der Waals surface area contributed by atoms with E-state index in [1.165, 1.54) is 0 Å². The van der Waals surface area contributed by atoms with Crippen LogP contribution in [0.3, 0.4) is 0 Å². The van der Waals surface area contributed by atoms with Crippen LogP contribution in [-0.2, 0) is 0 Å². The molecule has 1 aliphatic heterocycles. The molecule has 1 fully saturated rings. The summed E-state index contributed by atoms with van der Waals surface area (Å²) in [6, 6.07) is 7.91. The lowest BCUT2D eigenvalue weighted by molar-refractivity contribution is 0.0971. The molecule has 15 heavy (non-hydrogen) atoms. The lowest BCUT2D eigenvalue weighted by Crippen LogP contribution is -2.42. The Morgan fingerprint density at radius 2 is 2.13 bits per heavy atom. The van der Waals surface area contributed by atoms with E-state index in [9.17, 15) is 5.11 Å². The first-order valence-electron chi connectivity index (χ1n) is 5.46. The summed E-state index contributed by atoms with van der Waals surface area (Å²) in [6.07, 6.45) is 0.668. The van der Waals surface area contributed by atoms with Crippen LogP contribution >= 0.6 is 0 Å². The molecule has 0 aliphatic carbocycles. The average molecular weight is 206 g/mol. The quantitative estimate of drug-likeness (QED) is 0.684. The molecule has 0 spiro atoms. The van der Waals surface area contributed by atoms with Gasteiger partial charge >= 0.3 is 0 Å². The normalized spacial score (nSPS) is 26.7. The SMILES string of the molecule is C[C@@H]1CN(c2ccccc2N)CC[C@H]1O. The van der Waals surface area contributed by atoms with Crippen molar-refractivity contribution in [1.82, 2.24) is 0 Å². The van der Waals surface area contributed by atoms with Crippen molar-refractivity contribution < 1.29 is 5.11 Å². The van der Waals surface area contributed by atoms with Crippen molar-refractivity contribution in [3.63, 3.8) is 0 Å². The van der Waals surface area contributed by atoms with E-state index in [0.29, 0.717) is 5.92 Å². The number of rotatable bonds is 1. The molecule has 1 aromatic carbocycles. The molecule has 0 aromatic heterocycles. The monoisotopic (exact) mass is 206 g/mol. The minimum atomic E-state index is -0.161. The van der Waals surface area contributed by atoms with Gasteiger partial charge in [0.1, 0.15) is 0 Å². The molecule has 0 amide bonds. The summed E-state index contributed by atoms with van der Waals surface area (Å²) in [4.78, 5) is 2.26. The molecule has 3 heteroatoms. The summed E-state index contributed by atoms with van der Waals surface area (Å²) >= 11 is 0. The summed E-state index contributed by atoms with van der Waals surface area (Å²) in [5, 5.41) is 9.65. The number of benzene rings is 1. The highest BCUT2D eigenvalue weighted by Gasteiger charge is 2.24. The summed E-state index contributed by atoms with van der Waals surface area (Å²) in [6.45, 7) is 3.85. The lowest BCUT2D eigenvalue weighted by atomic mass is 9.96. The van der Waals surface area contributed by atoms with Crippen molar-refractivity contribution in [2.24, 2.45) is 5.92 Å². The van der Waals surface area contributed by atoms with E-state index in [0.717, 1.165) is 30.9 Å². The molecule has 0 radical (unpaired) electrons. The topological polar surface area (TPSA) is 49.5 Å². The Labute approximate surface area is 90.5 Å². The number of aliphatic hydroxyl groups is 1. The van der Waals surface area contributed by atoms with Crippen LogP contribution in [0.15, 0.2) is 24.3 Å². The van der Waals surface area contributed by atoms with E-state index >= 15 is 0 Å². The van der Waals surface area contributed by atoms with Gasteiger partial charge in [0.25, 0.3) is 0 Å². The standard InChI is InChI=1S/C12H18N2O/c1-9-8-14(7-6-12(9)15)11-5-3-2-4-10(11)13/h2-5,9,12,15H,6-8,13H2,1H3/t9-,12-/m1/s1. The van der Waals surface area contributed by atoms with E-state index in [1.807, 2.05) is 24.3 Å². The molecule has 3 N–H and O–H groups in total. The molecule has 2 rings (SSSR count). The van der Waals surface area contributed by atoms with Gasteiger partial charge in [0.15, 0.2) is 0 Å². The molecule has 82 valence electrons. The van der Waals surface area contributed by atoms with Gasteiger partial charge in [0, 0.05) is 13.1 Å². The van der Waals surface area contributed by atoms with Crippen LogP contribution in [0.1, 0.15) is 13.3 Å². The maximum Gasteiger partial charge on any atom is 0.0600 e. The van der Waals surface area contributed by atoms with Crippen molar-refractivity contribution in [2.75, 3.05) is 23.7 Å². The molecule has 0 saturated carbocycles. The zero-order valence-corrected chi connectivity index (χ0v) is 9.06.